The van der Waals surface area contributed by atoms with Gasteiger partial charge in [-0.2, -0.15) is 0 Å². The third-order valence-corrected chi connectivity index (χ3v) is 7.95. The Kier molecular flexibility index (Phi) is 6.43. The fourth-order valence-corrected chi connectivity index (χ4v) is 5.62. The maximum atomic E-state index is 5.00. The number of benzene rings is 5. The van der Waals surface area contributed by atoms with Crippen LogP contribution in [0.5, 0.6) is 0 Å². The number of fused-ring (bicyclic) bond motifs is 3. The molecule has 3 aromatic heterocycles. The molecule has 0 aliphatic rings. The van der Waals surface area contributed by atoms with E-state index in [0.717, 1.165) is 72.3 Å². The molecule has 0 saturated carbocycles. The standard InChI is InChI=1S/C40H26N4/c1-3-8-29(9-4-1)36-26-37(30-10-5-2-6-11-30)44-40(43-36)34-21-15-28(16-22-34)27-13-17-31(18-14-27)35-24-23-33-20-19-32-12-7-25-41-38(32)39(33)42-35/h1-26H. The predicted molar refractivity (Wildman–Crippen MR) is 180 cm³/mol. The summed E-state index contributed by atoms with van der Waals surface area (Å²) in [5.74, 6) is 0.705. The monoisotopic (exact) mass is 562 g/mol. The van der Waals surface area contributed by atoms with Gasteiger partial charge in [0.05, 0.1) is 28.1 Å². The third kappa shape index (κ3) is 4.89. The molecule has 44 heavy (non-hydrogen) atoms. The molecule has 0 aliphatic carbocycles. The van der Waals surface area contributed by atoms with Gasteiger partial charge in [-0.05, 0) is 29.3 Å². The van der Waals surface area contributed by atoms with Crippen LogP contribution in [0.2, 0.25) is 0 Å². The molecule has 3 heterocycles. The molecule has 0 saturated heterocycles. The molecule has 8 rings (SSSR count). The summed E-state index contributed by atoms with van der Waals surface area (Å²) in [5, 5.41) is 2.18. The molecule has 8 aromatic rings. The van der Waals surface area contributed by atoms with E-state index in [2.05, 4.69) is 114 Å². The van der Waals surface area contributed by atoms with E-state index >= 15 is 0 Å². The number of pyridine rings is 2. The Morgan fingerprint density at radius 1 is 0.318 bits per heavy atom. The molecular weight excluding hydrogens is 536 g/mol. The number of hydrogen-bond donors (Lipinski definition) is 0. The molecule has 4 heteroatoms. The zero-order valence-electron chi connectivity index (χ0n) is 23.8. The second-order valence-electron chi connectivity index (χ2n) is 10.8. The van der Waals surface area contributed by atoms with E-state index in [1.165, 1.54) is 0 Å². The van der Waals surface area contributed by atoms with E-state index in [9.17, 15) is 0 Å². The van der Waals surface area contributed by atoms with Crippen LogP contribution >= 0.6 is 0 Å². The normalized spacial score (nSPS) is 11.2. The highest BCUT2D eigenvalue weighted by molar-refractivity contribution is 6.03. The second kappa shape index (κ2) is 11.0. The van der Waals surface area contributed by atoms with E-state index in [1.807, 2.05) is 48.7 Å². The quantitative estimate of drug-likeness (QED) is 0.196. The fraction of sp³-hybridized carbons (Fsp3) is 0. The van der Waals surface area contributed by atoms with E-state index < -0.39 is 0 Å². The van der Waals surface area contributed by atoms with Gasteiger partial charge >= 0.3 is 0 Å². The fourth-order valence-electron chi connectivity index (χ4n) is 5.62. The largest absolute Gasteiger partial charge is 0.254 e. The maximum absolute atomic E-state index is 5.00. The number of aromatic nitrogens is 4. The Balaban J connectivity index is 1.11. The molecule has 0 spiro atoms. The number of hydrogen-bond acceptors (Lipinski definition) is 4. The first-order chi connectivity index (χ1) is 21.8. The van der Waals surface area contributed by atoms with Gasteiger partial charge < -0.3 is 0 Å². The van der Waals surface area contributed by atoms with Crippen molar-refractivity contribution < 1.29 is 0 Å². The van der Waals surface area contributed by atoms with Crippen molar-refractivity contribution in [2.75, 3.05) is 0 Å². The zero-order chi connectivity index (χ0) is 29.3. The minimum atomic E-state index is 0.705. The van der Waals surface area contributed by atoms with Crippen molar-refractivity contribution >= 4 is 21.8 Å². The minimum absolute atomic E-state index is 0.705. The molecule has 0 radical (unpaired) electrons. The van der Waals surface area contributed by atoms with Crippen LogP contribution in [0.4, 0.5) is 0 Å². The van der Waals surface area contributed by atoms with Crippen molar-refractivity contribution in [3.63, 3.8) is 0 Å². The van der Waals surface area contributed by atoms with Crippen molar-refractivity contribution in [3.8, 4) is 56.3 Å². The molecule has 0 fully saturated rings. The molecule has 4 nitrogen and oxygen atoms in total. The van der Waals surface area contributed by atoms with Crippen molar-refractivity contribution in [1.29, 1.82) is 0 Å². The van der Waals surface area contributed by atoms with E-state index in [1.54, 1.807) is 0 Å². The summed E-state index contributed by atoms with van der Waals surface area (Å²) in [6.45, 7) is 0. The van der Waals surface area contributed by atoms with Gasteiger partial charge in [-0.1, -0.05) is 133 Å². The SMILES string of the molecule is c1ccc(-c2cc(-c3ccccc3)nc(-c3ccc(-c4ccc(-c5ccc6ccc7cccnc7c6n5)cc4)cc3)n2)cc1. The summed E-state index contributed by atoms with van der Waals surface area (Å²) in [6.07, 6.45) is 1.82. The molecular formula is C40H26N4. The summed E-state index contributed by atoms with van der Waals surface area (Å²) in [6, 6.07) is 52.1. The molecule has 0 atom stereocenters. The van der Waals surface area contributed by atoms with Crippen molar-refractivity contribution in [2.24, 2.45) is 0 Å². The molecule has 0 amide bonds. The van der Waals surface area contributed by atoms with Gasteiger partial charge in [0.1, 0.15) is 0 Å². The lowest BCUT2D eigenvalue weighted by Crippen LogP contribution is -1.95. The van der Waals surface area contributed by atoms with Crippen LogP contribution in [0.25, 0.3) is 78.1 Å². The van der Waals surface area contributed by atoms with Gasteiger partial charge in [-0.15, -0.1) is 0 Å². The average molecular weight is 563 g/mol. The third-order valence-electron chi connectivity index (χ3n) is 7.95. The Morgan fingerprint density at radius 3 is 1.43 bits per heavy atom. The van der Waals surface area contributed by atoms with E-state index in [4.69, 9.17) is 15.0 Å². The van der Waals surface area contributed by atoms with E-state index in [0.29, 0.717) is 5.82 Å². The van der Waals surface area contributed by atoms with Gasteiger partial charge in [-0.3, -0.25) is 4.98 Å². The maximum Gasteiger partial charge on any atom is 0.160 e. The number of nitrogens with zero attached hydrogens (tertiary/aromatic N) is 4. The second-order valence-corrected chi connectivity index (χ2v) is 10.8. The lowest BCUT2D eigenvalue weighted by Gasteiger charge is -2.10. The highest BCUT2D eigenvalue weighted by Crippen LogP contribution is 2.31. The first-order valence-electron chi connectivity index (χ1n) is 14.6. The summed E-state index contributed by atoms with van der Waals surface area (Å²) in [4.78, 5) is 19.5. The highest BCUT2D eigenvalue weighted by Gasteiger charge is 2.11. The molecule has 0 unspecified atom stereocenters. The van der Waals surface area contributed by atoms with Crippen LogP contribution in [0.1, 0.15) is 0 Å². The first kappa shape index (κ1) is 25.7. The Labute approximate surface area is 255 Å². The van der Waals surface area contributed by atoms with Crippen molar-refractivity contribution in [2.45, 2.75) is 0 Å². The summed E-state index contributed by atoms with van der Waals surface area (Å²) >= 11 is 0. The zero-order valence-corrected chi connectivity index (χ0v) is 23.8. The first-order valence-corrected chi connectivity index (χ1v) is 14.6. The van der Waals surface area contributed by atoms with Crippen LogP contribution in [0.3, 0.4) is 0 Å². The predicted octanol–water partition coefficient (Wildman–Crippen LogP) is 9.91. The highest BCUT2D eigenvalue weighted by atomic mass is 14.9. The van der Waals surface area contributed by atoms with Gasteiger partial charge in [0.2, 0.25) is 0 Å². The Bertz CT molecular complexity index is 2190. The van der Waals surface area contributed by atoms with Crippen LogP contribution in [-0.4, -0.2) is 19.9 Å². The van der Waals surface area contributed by atoms with E-state index in [-0.39, 0.29) is 0 Å². The topological polar surface area (TPSA) is 51.6 Å². The lowest BCUT2D eigenvalue weighted by atomic mass is 10.0. The molecule has 0 aliphatic heterocycles. The summed E-state index contributed by atoms with van der Waals surface area (Å²) < 4.78 is 0. The molecule has 206 valence electrons. The Hall–Kier alpha value is -6.00. The van der Waals surface area contributed by atoms with Gasteiger partial charge in [-0.25, -0.2) is 15.0 Å². The van der Waals surface area contributed by atoms with Crippen LogP contribution < -0.4 is 0 Å². The van der Waals surface area contributed by atoms with Gasteiger partial charge in [0.15, 0.2) is 5.82 Å². The molecule has 0 N–H and O–H groups in total. The van der Waals surface area contributed by atoms with Gasteiger partial charge in [0, 0.05) is 39.2 Å². The summed E-state index contributed by atoms with van der Waals surface area (Å²) in [7, 11) is 0. The van der Waals surface area contributed by atoms with Gasteiger partial charge in [0.25, 0.3) is 0 Å². The lowest BCUT2D eigenvalue weighted by molar-refractivity contribution is 1.18. The van der Waals surface area contributed by atoms with Crippen LogP contribution in [0.15, 0.2) is 158 Å². The average Bonchev–Trinajstić information content (AvgIpc) is 3.12. The number of rotatable bonds is 5. The Morgan fingerprint density at radius 2 is 0.818 bits per heavy atom. The van der Waals surface area contributed by atoms with Crippen LogP contribution in [-0.2, 0) is 0 Å². The molecule has 5 aromatic carbocycles. The smallest absolute Gasteiger partial charge is 0.160 e. The van der Waals surface area contributed by atoms with Crippen LogP contribution in [0, 0.1) is 0 Å². The minimum Gasteiger partial charge on any atom is -0.254 e. The van der Waals surface area contributed by atoms with Crippen molar-refractivity contribution in [3.05, 3.63) is 158 Å². The van der Waals surface area contributed by atoms with Crippen molar-refractivity contribution in [1.82, 2.24) is 19.9 Å². The molecule has 0 bridgehead atoms. The summed E-state index contributed by atoms with van der Waals surface area (Å²) in [5.41, 5.74) is 11.0.